The summed E-state index contributed by atoms with van der Waals surface area (Å²) in [6.07, 6.45) is 0. The Balaban J connectivity index is 3.64. The summed E-state index contributed by atoms with van der Waals surface area (Å²) in [5.41, 5.74) is 0. The van der Waals surface area contributed by atoms with E-state index in [1.807, 2.05) is 13.8 Å². The number of hydrogen-bond acceptors (Lipinski definition) is 3. The van der Waals surface area contributed by atoms with E-state index in [9.17, 15) is 0 Å². The Morgan fingerprint density at radius 2 is 2.12 bits per heavy atom. The van der Waals surface area contributed by atoms with Crippen molar-refractivity contribution in [3.05, 3.63) is 0 Å². The molecule has 0 aromatic rings. The minimum absolute atomic E-state index is 0.106. The summed E-state index contributed by atoms with van der Waals surface area (Å²) in [6, 6.07) is 0.106. The van der Waals surface area contributed by atoms with Crippen molar-refractivity contribution >= 4 is 17.1 Å². The van der Waals surface area contributed by atoms with Crippen LogP contribution in [-0.4, -0.2) is 18.0 Å². The molecule has 0 radical (unpaired) electrons. The van der Waals surface area contributed by atoms with E-state index >= 15 is 0 Å². The fourth-order valence-corrected chi connectivity index (χ4v) is 0.302. The molecule has 0 aliphatic rings. The molecule has 0 spiro atoms. The molecule has 0 aromatic carbocycles. The molecule has 46 valence electrons. The summed E-state index contributed by atoms with van der Waals surface area (Å²) >= 11 is 4.83. The highest BCUT2D eigenvalue weighted by atomic mass is 32.1. The molecule has 0 bridgehead atoms. The lowest BCUT2D eigenvalue weighted by atomic mass is 10.3. The first-order valence-electron chi connectivity index (χ1n) is 2.48. The van der Waals surface area contributed by atoms with Gasteiger partial charge in [-0.3, -0.25) is 0 Å². The lowest BCUT2D eigenvalue weighted by Crippen LogP contribution is -2.05. The summed E-state index contributed by atoms with van der Waals surface area (Å²) in [7, 11) is 1.65. The van der Waals surface area contributed by atoms with E-state index in [4.69, 9.17) is 12.2 Å². The monoisotopic (exact) mass is 130 g/mol. The van der Waals surface area contributed by atoms with Gasteiger partial charge in [0.25, 0.3) is 0 Å². The van der Waals surface area contributed by atoms with E-state index in [2.05, 4.69) is 10.2 Å². The molecule has 0 aliphatic carbocycles. The minimum atomic E-state index is 0.106. The predicted molar refractivity (Wildman–Crippen MR) is 38.5 cm³/mol. The maximum absolute atomic E-state index is 4.83. The number of nitrogens with zero attached hydrogens (tertiary/aromatic N) is 2. The molecule has 1 unspecified atom stereocenters. The van der Waals surface area contributed by atoms with Crippen molar-refractivity contribution in [2.45, 2.75) is 19.9 Å². The zero-order chi connectivity index (χ0) is 6.57. The van der Waals surface area contributed by atoms with Crippen LogP contribution in [0.4, 0.5) is 0 Å². The van der Waals surface area contributed by atoms with Crippen LogP contribution in [0.1, 0.15) is 13.8 Å². The molecule has 0 fully saturated rings. The maximum Gasteiger partial charge on any atom is 0.0988 e. The fraction of sp³-hybridized carbons (Fsp3) is 0.800. The molecule has 0 saturated heterocycles. The van der Waals surface area contributed by atoms with E-state index in [0.717, 1.165) is 4.86 Å². The van der Waals surface area contributed by atoms with Gasteiger partial charge >= 0.3 is 0 Å². The Labute approximate surface area is 55.0 Å². The summed E-state index contributed by atoms with van der Waals surface area (Å²) in [5.74, 6) is 0. The van der Waals surface area contributed by atoms with Crippen LogP contribution in [0, 0.1) is 0 Å². The van der Waals surface area contributed by atoms with Gasteiger partial charge < -0.3 is 0 Å². The molecule has 0 rings (SSSR count). The van der Waals surface area contributed by atoms with Gasteiger partial charge in [0.2, 0.25) is 0 Å². The van der Waals surface area contributed by atoms with Crippen LogP contribution in [0.15, 0.2) is 10.2 Å². The van der Waals surface area contributed by atoms with Crippen molar-refractivity contribution in [3.8, 4) is 0 Å². The van der Waals surface area contributed by atoms with Gasteiger partial charge in [-0.25, -0.2) is 0 Å². The summed E-state index contributed by atoms with van der Waals surface area (Å²) in [6.45, 7) is 3.80. The molecular formula is C5H10N2S. The molecule has 0 aromatic heterocycles. The zero-order valence-electron chi connectivity index (χ0n) is 5.38. The summed E-state index contributed by atoms with van der Waals surface area (Å²) in [5, 5.41) is 7.40. The van der Waals surface area contributed by atoms with Crippen LogP contribution in [0.2, 0.25) is 0 Å². The number of rotatable bonds is 2. The fourth-order valence-electron chi connectivity index (χ4n) is 0.255. The van der Waals surface area contributed by atoms with Gasteiger partial charge in [-0.15, -0.1) is 0 Å². The third kappa shape index (κ3) is 2.80. The van der Waals surface area contributed by atoms with Crippen LogP contribution in [-0.2, 0) is 0 Å². The third-order valence-corrected chi connectivity index (χ3v) is 1.22. The number of azo groups is 1. The molecule has 0 N–H and O–H groups in total. The van der Waals surface area contributed by atoms with Gasteiger partial charge in [0, 0.05) is 11.9 Å². The molecule has 0 amide bonds. The van der Waals surface area contributed by atoms with Crippen molar-refractivity contribution in [1.29, 1.82) is 0 Å². The molecule has 8 heavy (non-hydrogen) atoms. The largest absolute Gasteiger partial charge is 0.197 e. The van der Waals surface area contributed by atoms with Gasteiger partial charge in [-0.1, -0.05) is 12.2 Å². The Morgan fingerprint density at radius 1 is 1.62 bits per heavy atom. The zero-order valence-corrected chi connectivity index (χ0v) is 6.20. The van der Waals surface area contributed by atoms with Crippen molar-refractivity contribution in [2.24, 2.45) is 10.2 Å². The molecule has 3 heteroatoms. The summed E-state index contributed by atoms with van der Waals surface area (Å²) < 4.78 is 0. The van der Waals surface area contributed by atoms with E-state index < -0.39 is 0 Å². The van der Waals surface area contributed by atoms with Crippen molar-refractivity contribution in [3.63, 3.8) is 0 Å². The first kappa shape index (κ1) is 7.69. The molecule has 0 saturated carbocycles. The molecule has 0 aliphatic heterocycles. The van der Waals surface area contributed by atoms with E-state index in [-0.39, 0.29) is 6.04 Å². The van der Waals surface area contributed by atoms with Gasteiger partial charge in [-0.2, -0.15) is 10.2 Å². The second-order valence-electron chi connectivity index (χ2n) is 1.60. The topological polar surface area (TPSA) is 24.7 Å². The van der Waals surface area contributed by atoms with Crippen molar-refractivity contribution in [2.75, 3.05) is 7.05 Å². The van der Waals surface area contributed by atoms with Crippen LogP contribution in [0.3, 0.4) is 0 Å². The Bertz CT molecular complexity index is 109. The number of hydrogen-bond donors (Lipinski definition) is 0. The molecule has 2 nitrogen and oxygen atoms in total. The van der Waals surface area contributed by atoms with Gasteiger partial charge in [0.05, 0.1) is 6.04 Å². The first-order chi connectivity index (χ1) is 3.68. The summed E-state index contributed by atoms with van der Waals surface area (Å²) in [4.78, 5) is 0.885. The Hall–Kier alpha value is -0.310. The molecule has 1 atom stereocenters. The standard InChI is InChI=1S/C5H10N2S/c1-4(5(2)8)7-6-3/h4H,1-3H3. The number of thiocarbonyl (C=S) groups is 1. The van der Waals surface area contributed by atoms with Gasteiger partial charge in [-0.05, 0) is 13.8 Å². The predicted octanol–water partition coefficient (Wildman–Crippen LogP) is 1.85. The Morgan fingerprint density at radius 3 is 2.25 bits per heavy atom. The highest BCUT2D eigenvalue weighted by Crippen LogP contribution is 1.92. The van der Waals surface area contributed by atoms with Crippen molar-refractivity contribution in [1.82, 2.24) is 0 Å². The normalized spacial score (nSPS) is 14.4. The minimum Gasteiger partial charge on any atom is -0.197 e. The first-order valence-corrected chi connectivity index (χ1v) is 2.88. The average molecular weight is 130 g/mol. The molecule has 0 heterocycles. The average Bonchev–Trinajstić information content (AvgIpc) is 1.67. The second-order valence-corrected chi connectivity index (χ2v) is 2.25. The van der Waals surface area contributed by atoms with Crippen LogP contribution in [0.5, 0.6) is 0 Å². The molecular weight excluding hydrogens is 120 g/mol. The van der Waals surface area contributed by atoms with Gasteiger partial charge in [0.1, 0.15) is 0 Å². The highest BCUT2D eigenvalue weighted by Gasteiger charge is 1.97. The third-order valence-electron chi connectivity index (χ3n) is 0.877. The SMILES string of the molecule is CN=NC(C)C(C)=S. The van der Waals surface area contributed by atoms with Crippen LogP contribution in [0.25, 0.3) is 0 Å². The lowest BCUT2D eigenvalue weighted by molar-refractivity contribution is 0.880. The van der Waals surface area contributed by atoms with Crippen molar-refractivity contribution < 1.29 is 0 Å². The van der Waals surface area contributed by atoms with E-state index in [0.29, 0.717) is 0 Å². The maximum atomic E-state index is 4.83. The van der Waals surface area contributed by atoms with Crippen LogP contribution < -0.4 is 0 Å². The highest BCUT2D eigenvalue weighted by molar-refractivity contribution is 7.80. The van der Waals surface area contributed by atoms with E-state index in [1.165, 1.54) is 0 Å². The smallest absolute Gasteiger partial charge is 0.0988 e. The Kier molecular flexibility index (Phi) is 3.52. The lowest BCUT2D eigenvalue weighted by Gasteiger charge is -1.97. The quantitative estimate of drug-likeness (QED) is 0.413. The second kappa shape index (κ2) is 3.66. The van der Waals surface area contributed by atoms with Gasteiger partial charge in [0.15, 0.2) is 0 Å². The van der Waals surface area contributed by atoms with E-state index in [1.54, 1.807) is 7.05 Å². The van der Waals surface area contributed by atoms with Crippen LogP contribution >= 0.6 is 12.2 Å².